The summed E-state index contributed by atoms with van der Waals surface area (Å²) in [4.78, 5) is 0. The first-order valence-electron chi connectivity index (χ1n) is 4.23. The summed E-state index contributed by atoms with van der Waals surface area (Å²) in [6.07, 6.45) is 0.332. The molecule has 3 nitrogen and oxygen atoms in total. The third-order valence-corrected chi connectivity index (χ3v) is 2.32. The summed E-state index contributed by atoms with van der Waals surface area (Å²) in [6.45, 7) is 0.822. The van der Waals surface area contributed by atoms with Gasteiger partial charge in [-0.05, 0) is 24.3 Å². The van der Waals surface area contributed by atoms with Crippen LogP contribution in [0.3, 0.4) is 0 Å². The quantitative estimate of drug-likeness (QED) is 0.584. The van der Waals surface area contributed by atoms with Crippen LogP contribution in [0.4, 0.5) is 5.69 Å². The topological polar surface area (TPSA) is 35.5 Å². The minimum Gasteiger partial charge on any atom is -1.00 e. The van der Waals surface area contributed by atoms with Gasteiger partial charge in [0.2, 0.25) is 0 Å². The van der Waals surface area contributed by atoms with Gasteiger partial charge in [0.15, 0.2) is 0 Å². The van der Waals surface area contributed by atoms with E-state index in [9.17, 15) is 5.11 Å². The summed E-state index contributed by atoms with van der Waals surface area (Å²) in [7, 11) is 0. The van der Waals surface area contributed by atoms with Gasteiger partial charge >= 0.3 is 51.4 Å². The van der Waals surface area contributed by atoms with Crippen LogP contribution in [-0.2, 0) is 0 Å². The summed E-state index contributed by atoms with van der Waals surface area (Å²) in [5.41, 5.74) is 3.96. The van der Waals surface area contributed by atoms with Crippen LogP contribution in [0.15, 0.2) is 24.3 Å². The molecule has 14 heavy (non-hydrogen) atoms. The van der Waals surface area contributed by atoms with Gasteiger partial charge in [-0.3, -0.25) is 0 Å². The molecule has 2 rings (SSSR count). The van der Waals surface area contributed by atoms with E-state index >= 15 is 0 Å². The predicted molar refractivity (Wildman–Crippen MR) is 53.7 cm³/mol. The number of hydrazine groups is 1. The minimum absolute atomic E-state index is 0. The van der Waals surface area contributed by atoms with Crippen molar-refractivity contribution in [1.29, 1.82) is 0 Å². The molecule has 72 valence electrons. The number of nitrogens with zero attached hydrogens (tertiary/aromatic N) is 1. The molecule has 0 amide bonds. The fourth-order valence-electron chi connectivity index (χ4n) is 1.39. The van der Waals surface area contributed by atoms with E-state index in [1.165, 1.54) is 0 Å². The van der Waals surface area contributed by atoms with Crippen LogP contribution in [0, 0.1) is 0 Å². The number of nitrogens with one attached hydrogen (secondary N) is 1. The average Bonchev–Trinajstić information content (AvgIpc) is 2.53. The van der Waals surface area contributed by atoms with Crippen LogP contribution in [0.2, 0.25) is 5.02 Å². The van der Waals surface area contributed by atoms with Crippen molar-refractivity contribution in [2.24, 2.45) is 0 Å². The largest absolute Gasteiger partial charge is 1.00 e. The molecule has 1 unspecified atom stereocenters. The van der Waals surface area contributed by atoms with E-state index in [-0.39, 0.29) is 52.8 Å². The second-order valence-corrected chi connectivity index (χ2v) is 3.50. The minimum atomic E-state index is -0.421. The molecule has 1 heterocycles. The molecule has 1 fully saturated rings. The van der Waals surface area contributed by atoms with E-state index < -0.39 is 6.23 Å². The molecule has 0 aliphatic carbocycles. The van der Waals surface area contributed by atoms with Gasteiger partial charge in [-0.25, -0.2) is 5.43 Å². The van der Waals surface area contributed by atoms with Crippen molar-refractivity contribution in [2.45, 2.75) is 12.6 Å². The first-order chi connectivity index (χ1) is 6.25. The second-order valence-electron chi connectivity index (χ2n) is 3.06. The smallest absolute Gasteiger partial charge is 1.00 e. The third kappa shape index (κ3) is 3.18. The van der Waals surface area contributed by atoms with E-state index in [4.69, 9.17) is 11.6 Å². The number of halogens is 1. The van der Waals surface area contributed by atoms with Crippen molar-refractivity contribution < 1.29 is 57.9 Å². The van der Waals surface area contributed by atoms with Gasteiger partial charge in [-0.2, -0.15) is 0 Å². The maximum Gasteiger partial charge on any atom is 1.00 e. The molecule has 0 spiro atoms. The Morgan fingerprint density at radius 2 is 2.07 bits per heavy atom. The summed E-state index contributed by atoms with van der Waals surface area (Å²) in [6, 6.07) is 7.52. The van der Waals surface area contributed by atoms with Gasteiger partial charge in [0.1, 0.15) is 6.23 Å². The second kappa shape index (κ2) is 5.82. The van der Waals surface area contributed by atoms with Crippen LogP contribution in [0.5, 0.6) is 0 Å². The van der Waals surface area contributed by atoms with E-state index in [1.807, 2.05) is 29.3 Å². The van der Waals surface area contributed by atoms with Crippen LogP contribution in [0.1, 0.15) is 7.85 Å². The Kier molecular flexibility index (Phi) is 5.37. The number of benzene rings is 1. The summed E-state index contributed by atoms with van der Waals surface area (Å²) < 4.78 is 0. The van der Waals surface area contributed by atoms with Gasteiger partial charge in [-0.1, -0.05) is 11.6 Å². The van der Waals surface area contributed by atoms with Gasteiger partial charge in [0.25, 0.3) is 0 Å². The molecule has 1 aliphatic rings. The molecule has 0 saturated carbocycles. The van der Waals surface area contributed by atoms with Crippen molar-refractivity contribution in [3.63, 3.8) is 0 Å². The molecule has 2 N–H and O–H groups in total. The summed E-state index contributed by atoms with van der Waals surface area (Å²) in [5, 5.41) is 11.9. The van der Waals surface area contributed by atoms with Gasteiger partial charge in [0.05, 0.1) is 5.69 Å². The fourth-order valence-corrected chi connectivity index (χ4v) is 1.51. The summed E-state index contributed by atoms with van der Waals surface area (Å²) in [5.74, 6) is 0. The number of aliphatic hydroxyl groups excluding tert-OH is 1. The molecule has 1 aromatic carbocycles. The first-order valence-corrected chi connectivity index (χ1v) is 4.61. The standard InChI is InChI=1S/C9H11ClN2O.K.H/c10-7-1-3-8(4-2-7)12-6-5-9(13)11-12;;/h1-4,9,11,13H,5-6H2;;/q;+1;-1. The van der Waals surface area contributed by atoms with Crippen molar-refractivity contribution in [3.05, 3.63) is 29.3 Å². The monoisotopic (exact) mass is 238 g/mol. The normalized spacial score (nSPS) is 20.7. The zero-order valence-corrected chi connectivity index (χ0v) is 12.0. The molecule has 0 aromatic heterocycles. The SMILES string of the molecule is OC1CCN(c2ccc(Cl)cc2)N1.[H-].[K+]. The Hall–Kier alpha value is 0.866. The first kappa shape index (κ1) is 12.9. The molecule has 1 saturated heterocycles. The zero-order chi connectivity index (χ0) is 9.26. The van der Waals surface area contributed by atoms with E-state index in [0.29, 0.717) is 0 Å². The van der Waals surface area contributed by atoms with Crippen molar-refractivity contribution in [1.82, 2.24) is 5.43 Å². The van der Waals surface area contributed by atoms with Crippen LogP contribution in [-0.4, -0.2) is 17.9 Å². The molecular formula is C9H12ClKN2O. The number of anilines is 1. The van der Waals surface area contributed by atoms with E-state index in [1.54, 1.807) is 0 Å². The molecular weight excluding hydrogens is 227 g/mol. The third-order valence-electron chi connectivity index (χ3n) is 2.07. The fraction of sp³-hybridized carbons (Fsp3) is 0.333. The number of hydrogen-bond donors (Lipinski definition) is 2. The van der Waals surface area contributed by atoms with Crippen molar-refractivity contribution in [2.75, 3.05) is 11.6 Å². The molecule has 0 bridgehead atoms. The van der Waals surface area contributed by atoms with Gasteiger partial charge < -0.3 is 11.5 Å². The van der Waals surface area contributed by atoms with Gasteiger partial charge in [-0.15, -0.1) is 0 Å². The van der Waals surface area contributed by atoms with Crippen LogP contribution in [0.25, 0.3) is 0 Å². The van der Waals surface area contributed by atoms with Crippen molar-refractivity contribution in [3.8, 4) is 0 Å². The number of hydrogen-bond acceptors (Lipinski definition) is 3. The Labute approximate surface area is 132 Å². The predicted octanol–water partition coefficient (Wildman–Crippen LogP) is -1.51. The van der Waals surface area contributed by atoms with Crippen LogP contribution < -0.4 is 61.8 Å². The maximum absolute atomic E-state index is 9.24. The average molecular weight is 239 g/mol. The molecule has 0 radical (unpaired) electrons. The summed E-state index contributed by atoms with van der Waals surface area (Å²) >= 11 is 5.76. The molecule has 1 atom stereocenters. The van der Waals surface area contributed by atoms with Crippen LogP contribution >= 0.6 is 11.6 Å². The molecule has 1 aromatic rings. The Bertz CT molecular complexity index is 299. The number of aliphatic hydroxyl groups is 1. The Balaban J connectivity index is 0.000000980. The van der Waals surface area contributed by atoms with E-state index in [2.05, 4.69) is 5.43 Å². The Morgan fingerprint density at radius 1 is 1.43 bits per heavy atom. The number of rotatable bonds is 1. The molecule has 1 aliphatic heterocycles. The zero-order valence-electron chi connectivity index (χ0n) is 9.07. The van der Waals surface area contributed by atoms with E-state index in [0.717, 1.165) is 23.7 Å². The maximum atomic E-state index is 9.24. The Morgan fingerprint density at radius 3 is 2.57 bits per heavy atom. The van der Waals surface area contributed by atoms with Crippen molar-refractivity contribution >= 4 is 17.3 Å². The van der Waals surface area contributed by atoms with Gasteiger partial charge in [0, 0.05) is 18.0 Å². The molecule has 5 heteroatoms.